The van der Waals surface area contributed by atoms with Crippen LogP contribution < -0.4 is 5.32 Å². The highest BCUT2D eigenvalue weighted by Gasteiger charge is 2.31. The second-order valence-electron chi connectivity index (χ2n) is 6.21. The zero-order chi connectivity index (χ0) is 15.5. The third-order valence-corrected chi connectivity index (χ3v) is 4.44. The smallest absolute Gasteiger partial charge is 0.227 e. The van der Waals surface area contributed by atoms with Gasteiger partial charge >= 0.3 is 0 Å². The minimum Gasteiger partial charge on any atom is -0.353 e. The van der Waals surface area contributed by atoms with Gasteiger partial charge < -0.3 is 10.2 Å². The lowest BCUT2D eigenvalue weighted by Crippen LogP contribution is -2.44. The van der Waals surface area contributed by atoms with Crippen LogP contribution in [0, 0.1) is 11.7 Å². The van der Waals surface area contributed by atoms with Crippen molar-refractivity contribution in [2.24, 2.45) is 5.92 Å². The van der Waals surface area contributed by atoms with E-state index in [1.165, 1.54) is 6.07 Å². The zero-order valence-electron chi connectivity index (χ0n) is 12.6. The van der Waals surface area contributed by atoms with Crippen molar-refractivity contribution >= 4 is 11.8 Å². The summed E-state index contributed by atoms with van der Waals surface area (Å²) < 4.78 is 13.6. The Bertz CT molecular complexity index is 564. The van der Waals surface area contributed by atoms with Crippen molar-refractivity contribution in [2.75, 3.05) is 13.1 Å². The molecule has 0 atom stereocenters. The molecule has 0 radical (unpaired) electrons. The first-order valence-electron chi connectivity index (χ1n) is 7.95. The summed E-state index contributed by atoms with van der Waals surface area (Å²) in [5.74, 6) is -0.262. The van der Waals surface area contributed by atoms with Crippen molar-refractivity contribution in [3.8, 4) is 0 Å². The van der Waals surface area contributed by atoms with Crippen LogP contribution in [0.25, 0.3) is 0 Å². The van der Waals surface area contributed by atoms with Crippen LogP contribution in [0.2, 0.25) is 0 Å². The average Bonchev–Trinajstić information content (AvgIpc) is 3.33. The fraction of sp³-hybridized carbons (Fsp3) is 0.529. The van der Waals surface area contributed by atoms with Gasteiger partial charge in [-0.05, 0) is 37.3 Å². The van der Waals surface area contributed by atoms with Gasteiger partial charge in [0.05, 0.1) is 6.42 Å². The molecule has 0 bridgehead atoms. The van der Waals surface area contributed by atoms with E-state index < -0.39 is 0 Å². The van der Waals surface area contributed by atoms with E-state index in [4.69, 9.17) is 0 Å². The van der Waals surface area contributed by atoms with Gasteiger partial charge in [-0.2, -0.15) is 0 Å². The topological polar surface area (TPSA) is 49.4 Å². The molecular formula is C17H21FN2O2. The van der Waals surface area contributed by atoms with Crippen molar-refractivity contribution < 1.29 is 14.0 Å². The molecule has 1 aromatic rings. The van der Waals surface area contributed by atoms with Crippen molar-refractivity contribution in [1.82, 2.24) is 10.2 Å². The highest BCUT2D eigenvalue weighted by Crippen LogP contribution is 2.23. The van der Waals surface area contributed by atoms with Gasteiger partial charge in [0.25, 0.3) is 0 Å². The number of benzene rings is 1. The van der Waals surface area contributed by atoms with Crippen LogP contribution >= 0.6 is 0 Å². The molecule has 1 saturated carbocycles. The highest BCUT2D eigenvalue weighted by molar-refractivity contribution is 5.81. The van der Waals surface area contributed by atoms with E-state index in [0.717, 1.165) is 12.8 Å². The molecule has 2 amide bonds. The van der Waals surface area contributed by atoms with Gasteiger partial charge in [0.1, 0.15) is 5.82 Å². The van der Waals surface area contributed by atoms with Gasteiger partial charge in [-0.3, -0.25) is 9.59 Å². The lowest BCUT2D eigenvalue weighted by atomic mass is 9.95. The normalized spacial score (nSPS) is 19.0. The Morgan fingerprint density at radius 3 is 2.45 bits per heavy atom. The standard InChI is InChI=1S/C17H21FN2O2/c18-15-4-2-1-3-13(15)11-16(21)20-9-7-12(8-10-20)17(22)19-14-5-6-14/h1-4,12,14H,5-11H2,(H,19,22). The van der Waals surface area contributed by atoms with Crippen molar-refractivity contribution in [3.05, 3.63) is 35.6 Å². The van der Waals surface area contributed by atoms with Gasteiger partial charge in [0, 0.05) is 25.0 Å². The molecular weight excluding hydrogens is 283 g/mol. The number of carbonyl (C=O) groups excluding carboxylic acids is 2. The van der Waals surface area contributed by atoms with Crippen LogP contribution in [0.15, 0.2) is 24.3 Å². The molecule has 0 spiro atoms. The molecule has 1 aliphatic carbocycles. The predicted octanol–water partition coefficient (Wildman–Crippen LogP) is 1.89. The van der Waals surface area contributed by atoms with Crippen molar-refractivity contribution in [3.63, 3.8) is 0 Å². The first-order valence-corrected chi connectivity index (χ1v) is 7.95. The van der Waals surface area contributed by atoms with Crippen molar-refractivity contribution in [1.29, 1.82) is 0 Å². The fourth-order valence-electron chi connectivity index (χ4n) is 2.85. The van der Waals surface area contributed by atoms with E-state index >= 15 is 0 Å². The lowest BCUT2D eigenvalue weighted by molar-refractivity contribution is -0.135. The minimum absolute atomic E-state index is 0.0121. The Labute approximate surface area is 129 Å². The van der Waals surface area contributed by atoms with E-state index in [2.05, 4.69) is 5.32 Å². The minimum atomic E-state index is -0.338. The van der Waals surface area contributed by atoms with Crippen molar-refractivity contribution in [2.45, 2.75) is 38.1 Å². The molecule has 5 heteroatoms. The molecule has 1 heterocycles. The van der Waals surface area contributed by atoms with Crippen LogP contribution in [0.3, 0.4) is 0 Å². The first kappa shape index (κ1) is 15.0. The summed E-state index contributed by atoms with van der Waals surface area (Å²) in [6.45, 7) is 1.16. The van der Waals surface area contributed by atoms with E-state index in [-0.39, 0.29) is 30.0 Å². The second kappa shape index (κ2) is 6.46. The third-order valence-electron chi connectivity index (χ3n) is 4.44. The fourth-order valence-corrected chi connectivity index (χ4v) is 2.85. The van der Waals surface area contributed by atoms with E-state index in [1.807, 2.05) is 0 Å². The van der Waals surface area contributed by atoms with E-state index in [1.54, 1.807) is 23.1 Å². The molecule has 0 aromatic heterocycles. The van der Waals surface area contributed by atoms with Gasteiger partial charge in [-0.25, -0.2) is 4.39 Å². The molecule has 3 rings (SSSR count). The summed E-state index contributed by atoms with van der Waals surface area (Å²) in [5, 5.41) is 3.02. The molecule has 1 N–H and O–H groups in total. The van der Waals surface area contributed by atoms with Crippen LogP contribution in [-0.2, 0) is 16.0 Å². The third kappa shape index (κ3) is 3.64. The predicted molar refractivity (Wildman–Crippen MR) is 80.6 cm³/mol. The monoisotopic (exact) mass is 304 g/mol. The number of rotatable bonds is 4. The number of hydrogen-bond acceptors (Lipinski definition) is 2. The Morgan fingerprint density at radius 2 is 1.82 bits per heavy atom. The SMILES string of the molecule is O=C(NC1CC1)C1CCN(C(=O)Cc2ccccc2F)CC1. The molecule has 2 fully saturated rings. The molecule has 0 unspecified atom stereocenters. The number of carbonyl (C=O) groups is 2. The highest BCUT2D eigenvalue weighted by atomic mass is 19.1. The quantitative estimate of drug-likeness (QED) is 0.923. The molecule has 2 aliphatic rings. The summed E-state index contributed by atoms with van der Waals surface area (Å²) in [4.78, 5) is 26.0. The van der Waals surface area contributed by atoms with Crippen LogP contribution in [0.4, 0.5) is 4.39 Å². The van der Waals surface area contributed by atoms with Crippen LogP contribution in [-0.4, -0.2) is 35.8 Å². The average molecular weight is 304 g/mol. The molecule has 4 nitrogen and oxygen atoms in total. The largest absolute Gasteiger partial charge is 0.353 e. The summed E-state index contributed by atoms with van der Waals surface area (Å²) in [6.07, 6.45) is 3.66. The number of halogens is 1. The lowest BCUT2D eigenvalue weighted by Gasteiger charge is -2.31. The second-order valence-corrected chi connectivity index (χ2v) is 6.21. The van der Waals surface area contributed by atoms with Crippen LogP contribution in [0.1, 0.15) is 31.2 Å². The Kier molecular flexibility index (Phi) is 4.41. The van der Waals surface area contributed by atoms with Gasteiger partial charge in [-0.15, -0.1) is 0 Å². The first-order chi connectivity index (χ1) is 10.6. The Hall–Kier alpha value is -1.91. The number of amides is 2. The molecule has 1 aromatic carbocycles. The maximum absolute atomic E-state index is 13.6. The molecule has 118 valence electrons. The number of likely N-dealkylation sites (tertiary alicyclic amines) is 1. The van der Waals surface area contributed by atoms with Gasteiger partial charge in [0.2, 0.25) is 11.8 Å². The van der Waals surface area contributed by atoms with Gasteiger partial charge in [-0.1, -0.05) is 18.2 Å². The summed E-state index contributed by atoms with van der Waals surface area (Å²) in [5.41, 5.74) is 0.432. The number of nitrogens with one attached hydrogen (secondary N) is 1. The maximum atomic E-state index is 13.6. The zero-order valence-corrected chi connectivity index (χ0v) is 12.6. The molecule has 1 aliphatic heterocycles. The van der Waals surface area contributed by atoms with Crippen LogP contribution in [0.5, 0.6) is 0 Å². The Balaban J connectivity index is 1.49. The van der Waals surface area contributed by atoms with Gasteiger partial charge in [0.15, 0.2) is 0 Å². The molecule has 1 saturated heterocycles. The van der Waals surface area contributed by atoms with E-state index in [0.29, 0.717) is 37.5 Å². The number of nitrogens with zero attached hydrogens (tertiary/aromatic N) is 1. The summed E-state index contributed by atoms with van der Waals surface area (Å²) in [7, 11) is 0. The number of hydrogen-bond donors (Lipinski definition) is 1. The van der Waals surface area contributed by atoms with E-state index in [9.17, 15) is 14.0 Å². The maximum Gasteiger partial charge on any atom is 0.227 e. The Morgan fingerprint density at radius 1 is 1.14 bits per heavy atom. The summed E-state index contributed by atoms with van der Waals surface area (Å²) in [6, 6.07) is 6.75. The molecule has 22 heavy (non-hydrogen) atoms. The summed E-state index contributed by atoms with van der Waals surface area (Å²) >= 11 is 0. The number of piperidine rings is 1.